The van der Waals surface area contributed by atoms with E-state index < -0.39 is 6.04 Å². The second-order valence-electron chi connectivity index (χ2n) is 6.46. The van der Waals surface area contributed by atoms with Gasteiger partial charge in [0.05, 0.1) is 0 Å². The zero-order chi connectivity index (χ0) is 18.2. The number of para-hydroxylation sites is 1. The highest BCUT2D eigenvalue weighted by atomic mass is 16.2. The summed E-state index contributed by atoms with van der Waals surface area (Å²) in [4.78, 5) is 12.9. The van der Waals surface area contributed by atoms with Crippen molar-refractivity contribution >= 4 is 11.6 Å². The van der Waals surface area contributed by atoms with Crippen LogP contribution < -0.4 is 10.6 Å². The molecule has 3 heteroatoms. The standard InChI is InChI=1S/C23H24N2O/c1-18(17-19-11-5-2-6-12-19)24-22(20-13-7-3-8-14-20)23(26)25-21-15-9-4-10-16-21/h2-16,18,22,24H,17H2,1H3,(H,25,26)/t18?,22-/m1/s1. The summed E-state index contributed by atoms with van der Waals surface area (Å²) in [5.74, 6) is -0.0534. The molecule has 0 aromatic heterocycles. The molecule has 3 aromatic rings. The van der Waals surface area contributed by atoms with Crippen molar-refractivity contribution in [1.29, 1.82) is 0 Å². The van der Waals surface area contributed by atoms with E-state index in [9.17, 15) is 4.79 Å². The zero-order valence-electron chi connectivity index (χ0n) is 14.9. The largest absolute Gasteiger partial charge is 0.324 e. The summed E-state index contributed by atoms with van der Waals surface area (Å²) in [7, 11) is 0. The van der Waals surface area contributed by atoms with E-state index in [2.05, 4.69) is 29.7 Å². The molecule has 0 aliphatic rings. The number of benzene rings is 3. The molecule has 0 bridgehead atoms. The number of hydrogen-bond acceptors (Lipinski definition) is 2. The zero-order valence-corrected chi connectivity index (χ0v) is 14.9. The number of nitrogens with one attached hydrogen (secondary N) is 2. The van der Waals surface area contributed by atoms with E-state index in [1.165, 1.54) is 5.56 Å². The predicted octanol–water partition coefficient (Wildman–Crippen LogP) is 4.59. The lowest BCUT2D eigenvalue weighted by atomic mass is 10.0. The third kappa shape index (κ3) is 5.04. The highest BCUT2D eigenvalue weighted by Gasteiger charge is 2.22. The van der Waals surface area contributed by atoms with Gasteiger partial charge in [-0.2, -0.15) is 0 Å². The Bertz CT molecular complexity index is 803. The van der Waals surface area contributed by atoms with Gasteiger partial charge in [0.25, 0.3) is 0 Å². The smallest absolute Gasteiger partial charge is 0.246 e. The first-order valence-corrected chi connectivity index (χ1v) is 8.93. The summed E-state index contributed by atoms with van der Waals surface area (Å²) in [6.07, 6.45) is 0.864. The lowest BCUT2D eigenvalue weighted by Crippen LogP contribution is -2.39. The molecule has 3 rings (SSSR count). The van der Waals surface area contributed by atoms with Gasteiger partial charge in [0.15, 0.2) is 0 Å². The Labute approximate surface area is 155 Å². The average Bonchev–Trinajstić information content (AvgIpc) is 2.68. The van der Waals surface area contributed by atoms with Crippen molar-refractivity contribution in [3.8, 4) is 0 Å². The molecule has 0 saturated carbocycles. The van der Waals surface area contributed by atoms with Crippen LogP contribution in [0, 0.1) is 0 Å². The summed E-state index contributed by atoms with van der Waals surface area (Å²) in [6.45, 7) is 2.11. The van der Waals surface area contributed by atoms with Crippen molar-refractivity contribution in [3.63, 3.8) is 0 Å². The van der Waals surface area contributed by atoms with Gasteiger partial charge in [0.1, 0.15) is 6.04 Å². The maximum absolute atomic E-state index is 12.9. The second kappa shape index (κ2) is 8.97. The van der Waals surface area contributed by atoms with E-state index >= 15 is 0 Å². The molecule has 0 saturated heterocycles. The quantitative estimate of drug-likeness (QED) is 0.658. The van der Waals surface area contributed by atoms with Crippen LogP contribution in [0.2, 0.25) is 0 Å². The van der Waals surface area contributed by atoms with Crippen LogP contribution in [0.15, 0.2) is 91.0 Å². The number of carbonyl (C=O) groups excluding carboxylic acids is 1. The van der Waals surface area contributed by atoms with Gasteiger partial charge in [-0.25, -0.2) is 0 Å². The fourth-order valence-corrected chi connectivity index (χ4v) is 3.02. The topological polar surface area (TPSA) is 41.1 Å². The molecule has 3 aromatic carbocycles. The first-order valence-electron chi connectivity index (χ1n) is 8.93. The third-order valence-electron chi connectivity index (χ3n) is 4.27. The van der Waals surface area contributed by atoms with E-state index in [1.54, 1.807) is 0 Å². The molecule has 0 heterocycles. The van der Waals surface area contributed by atoms with Gasteiger partial charge < -0.3 is 5.32 Å². The van der Waals surface area contributed by atoms with Crippen molar-refractivity contribution in [1.82, 2.24) is 5.32 Å². The number of carbonyl (C=O) groups is 1. The van der Waals surface area contributed by atoms with Gasteiger partial charge in [-0.05, 0) is 36.6 Å². The van der Waals surface area contributed by atoms with Crippen molar-refractivity contribution in [3.05, 3.63) is 102 Å². The Morgan fingerprint density at radius 2 is 1.35 bits per heavy atom. The van der Waals surface area contributed by atoms with Crippen molar-refractivity contribution in [2.24, 2.45) is 0 Å². The van der Waals surface area contributed by atoms with Gasteiger partial charge in [-0.15, -0.1) is 0 Å². The summed E-state index contributed by atoms with van der Waals surface area (Å²) in [6, 6.07) is 29.5. The molecule has 3 nitrogen and oxygen atoms in total. The molecule has 2 N–H and O–H groups in total. The van der Waals surface area contributed by atoms with Crippen LogP contribution in [0.1, 0.15) is 24.1 Å². The van der Waals surface area contributed by atoms with E-state index in [4.69, 9.17) is 0 Å². The number of anilines is 1. The maximum atomic E-state index is 12.9. The Kier molecular flexibility index (Phi) is 6.18. The first kappa shape index (κ1) is 17.9. The Morgan fingerprint density at radius 1 is 0.808 bits per heavy atom. The summed E-state index contributed by atoms with van der Waals surface area (Å²) in [5, 5.41) is 6.50. The molecule has 0 aliphatic carbocycles. The van der Waals surface area contributed by atoms with E-state index in [0.717, 1.165) is 17.7 Å². The van der Waals surface area contributed by atoms with Crippen LogP contribution in [-0.4, -0.2) is 11.9 Å². The average molecular weight is 344 g/mol. The minimum Gasteiger partial charge on any atom is -0.324 e. The van der Waals surface area contributed by atoms with Crippen molar-refractivity contribution in [2.75, 3.05) is 5.32 Å². The molecule has 2 atom stereocenters. The number of hydrogen-bond donors (Lipinski definition) is 2. The molecule has 0 spiro atoms. The maximum Gasteiger partial charge on any atom is 0.246 e. The van der Waals surface area contributed by atoms with Crippen LogP contribution in [0.25, 0.3) is 0 Å². The second-order valence-corrected chi connectivity index (χ2v) is 6.46. The molecule has 132 valence electrons. The van der Waals surface area contributed by atoms with Gasteiger partial charge in [-0.3, -0.25) is 10.1 Å². The van der Waals surface area contributed by atoms with Gasteiger partial charge >= 0.3 is 0 Å². The molecule has 0 fully saturated rings. The van der Waals surface area contributed by atoms with Crippen LogP contribution in [0.5, 0.6) is 0 Å². The van der Waals surface area contributed by atoms with Gasteiger partial charge in [-0.1, -0.05) is 78.9 Å². The summed E-state index contributed by atoms with van der Waals surface area (Å²) >= 11 is 0. The Morgan fingerprint density at radius 3 is 1.96 bits per heavy atom. The van der Waals surface area contributed by atoms with Crippen molar-refractivity contribution < 1.29 is 4.79 Å². The summed E-state index contributed by atoms with van der Waals surface area (Å²) < 4.78 is 0. The highest BCUT2D eigenvalue weighted by Crippen LogP contribution is 2.18. The van der Waals surface area contributed by atoms with Crippen LogP contribution in [0.4, 0.5) is 5.69 Å². The van der Waals surface area contributed by atoms with Crippen molar-refractivity contribution in [2.45, 2.75) is 25.4 Å². The third-order valence-corrected chi connectivity index (χ3v) is 4.27. The van der Waals surface area contributed by atoms with Crippen LogP contribution in [0.3, 0.4) is 0 Å². The first-order chi connectivity index (χ1) is 12.7. The lowest BCUT2D eigenvalue weighted by molar-refractivity contribution is -0.118. The SMILES string of the molecule is CC(Cc1ccccc1)N[C@@H](C(=O)Nc1ccccc1)c1ccccc1. The molecular weight excluding hydrogens is 320 g/mol. The monoisotopic (exact) mass is 344 g/mol. The van der Waals surface area contributed by atoms with Gasteiger partial charge in [0.2, 0.25) is 5.91 Å². The predicted molar refractivity (Wildman–Crippen MR) is 107 cm³/mol. The Balaban J connectivity index is 1.74. The molecule has 0 aliphatic heterocycles. The van der Waals surface area contributed by atoms with E-state index in [0.29, 0.717) is 0 Å². The molecule has 26 heavy (non-hydrogen) atoms. The number of rotatable bonds is 7. The fourth-order valence-electron chi connectivity index (χ4n) is 3.02. The minimum absolute atomic E-state index is 0.0534. The Hall–Kier alpha value is -2.91. The number of amides is 1. The van der Waals surface area contributed by atoms with Crippen LogP contribution >= 0.6 is 0 Å². The van der Waals surface area contributed by atoms with Gasteiger partial charge in [0, 0.05) is 11.7 Å². The normalized spacial score (nSPS) is 13.0. The lowest BCUT2D eigenvalue weighted by Gasteiger charge is -2.23. The van der Waals surface area contributed by atoms with Crippen LogP contribution in [-0.2, 0) is 11.2 Å². The molecular formula is C23H24N2O. The molecule has 1 amide bonds. The fraction of sp³-hybridized carbons (Fsp3) is 0.174. The van der Waals surface area contributed by atoms with E-state index in [1.807, 2.05) is 78.9 Å². The van der Waals surface area contributed by atoms with E-state index in [-0.39, 0.29) is 11.9 Å². The highest BCUT2D eigenvalue weighted by molar-refractivity contribution is 5.95. The molecule has 0 radical (unpaired) electrons. The molecule has 1 unspecified atom stereocenters. The summed E-state index contributed by atoms with van der Waals surface area (Å²) in [5.41, 5.74) is 3.01. The minimum atomic E-state index is -0.407.